The Morgan fingerprint density at radius 3 is 2.90 bits per heavy atom. The van der Waals surface area contributed by atoms with E-state index in [1.165, 1.54) is 0 Å². The Labute approximate surface area is 123 Å². The van der Waals surface area contributed by atoms with Gasteiger partial charge in [0, 0.05) is 13.6 Å². The summed E-state index contributed by atoms with van der Waals surface area (Å²) < 4.78 is 7.58. The van der Waals surface area contributed by atoms with Gasteiger partial charge in [-0.15, -0.1) is 0 Å². The molecule has 6 nitrogen and oxygen atoms in total. The molecule has 1 aliphatic heterocycles. The van der Waals surface area contributed by atoms with Crippen LogP contribution in [0.3, 0.4) is 0 Å². The van der Waals surface area contributed by atoms with Gasteiger partial charge in [-0.3, -0.25) is 10.1 Å². The van der Waals surface area contributed by atoms with E-state index in [4.69, 9.17) is 15.9 Å². The topological polar surface area (TPSA) is 80.2 Å². The van der Waals surface area contributed by atoms with Crippen molar-refractivity contribution in [1.82, 2.24) is 9.78 Å². The van der Waals surface area contributed by atoms with E-state index >= 15 is 0 Å². The molecular weight excluding hydrogens is 266 g/mol. The van der Waals surface area contributed by atoms with Gasteiger partial charge in [0.05, 0.1) is 23.6 Å². The summed E-state index contributed by atoms with van der Waals surface area (Å²) in [5, 5.41) is 12.3. The standard InChI is InChI=1S/C15H19N5O/c1-10-13(14(16)17)15(19(2)18-10)20-8-5-9-21-12-7-4-3-6-11(12)20/h3-4,6-7H,5,8-9H2,1-2H3,(H3,16,17). The minimum atomic E-state index is 0.0400. The maximum atomic E-state index is 7.85. The first-order chi connectivity index (χ1) is 10.1. The predicted molar refractivity (Wildman–Crippen MR) is 82.5 cm³/mol. The van der Waals surface area contributed by atoms with Gasteiger partial charge in [0.2, 0.25) is 0 Å². The summed E-state index contributed by atoms with van der Waals surface area (Å²) in [5.41, 5.74) is 8.21. The van der Waals surface area contributed by atoms with Crippen LogP contribution >= 0.6 is 0 Å². The number of hydrogen-bond donors (Lipinski definition) is 2. The summed E-state index contributed by atoms with van der Waals surface area (Å²) in [6.07, 6.45) is 0.899. The average Bonchev–Trinajstić information content (AvgIpc) is 2.63. The maximum absolute atomic E-state index is 7.85. The number of nitrogens with two attached hydrogens (primary N) is 1. The number of nitrogens with zero attached hydrogens (tertiary/aromatic N) is 3. The minimum absolute atomic E-state index is 0.0400. The highest BCUT2D eigenvalue weighted by atomic mass is 16.5. The Morgan fingerprint density at radius 1 is 1.38 bits per heavy atom. The lowest BCUT2D eigenvalue weighted by atomic mass is 10.2. The summed E-state index contributed by atoms with van der Waals surface area (Å²) in [6.45, 7) is 3.36. The van der Waals surface area contributed by atoms with Crippen molar-refractivity contribution in [3.8, 4) is 5.75 Å². The second-order valence-corrected chi connectivity index (χ2v) is 5.14. The Balaban J connectivity index is 2.19. The van der Waals surface area contributed by atoms with Gasteiger partial charge in [-0.25, -0.2) is 0 Å². The van der Waals surface area contributed by atoms with Crippen LogP contribution in [0.15, 0.2) is 24.3 Å². The average molecular weight is 285 g/mol. The monoisotopic (exact) mass is 285 g/mol. The summed E-state index contributed by atoms with van der Waals surface area (Å²) in [5.74, 6) is 1.74. The molecule has 0 saturated carbocycles. The Kier molecular flexibility index (Phi) is 3.29. The lowest BCUT2D eigenvalue weighted by Gasteiger charge is -2.24. The van der Waals surface area contributed by atoms with Crippen LogP contribution in [0.1, 0.15) is 17.7 Å². The van der Waals surface area contributed by atoms with Gasteiger partial charge in [-0.05, 0) is 25.5 Å². The molecule has 0 spiro atoms. The first-order valence-electron chi connectivity index (χ1n) is 6.97. The molecule has 0 saturated heterocycles. The highest BCUT2D eigenvalue weighted by molar-refractivity contribution is 6.01. The number of para-hydroxylation sites is 2. The van der Waals surface area contributed by atoms with Crippen molar-refractivity contribution < 1.29 is 4.74 Å². The molecule has 1 aromatic heterocycles. The van der Waals surface area contributed by atoms with E-state index in [0.29, 0.717) is 12.2 Å². The van der Waals surface area contributed by atoms with Gasteiger partial charge >= 0.3 is 0 Å². The Morgan fingerprint density at radius 2 is 2.14 bits per heavy atom. The van der Waals surface area contributed by atoms with E-state index in [1.54, 1.807) is 4.68 Å². The molecule has 0 radical (unpaired) electrons. The van der Waals surface area contributed by atoms with Crippen LogP contribution in [0.2, 0.25) is 0 Å². The minimum Gasteiger partial charge on any atom is -0.491 e. The highest BCUT2D eigenvalue weighted by Gasteiger charge is 2.25. The predicted octanol–water partition coefficient (Wildman–Crippen LogP) is 1.93. The largest absolute Gasteiger partial charge is 0.491 e. The molecule has 1 aromatic carbocycles. The molecule has 0 fully saturated rings. The first kappa shape index (κ1) is 13.5. The summed E-state index contributed by atoms with van der Waals surface area (Å²) >= 11 is 0. The normalized spacial score (nSPS) is 14.3. The SMILES string of the molecule is Cc1nn(C)c(N2CCCOc3ccccc32)c1C(=N)N. The smallest absolute Gasteiger partial charge is 0.142 e. The third kappa shape index (κ3) is 2.22. The number of aryl methyl sites for hydroxylation is 2. The number of aromatic nitrogens is 2. The number of rotatable bonds is 2. The second kappa shape index (κ2) is 5.12. The number of ether oxygens (including phenoxy) is 1. The van der Waals surface area contributed by atoms with E-state index in [-0.39, 0.29) is 5.84 Å². The van der Waals surface area contributed by atoms with E-state index in [2.05, 4.69) is 10.00 Å². The molecule has 0 amide bonds. The van der Waals surface area contributed by atoms with Crippen molar-refractivity contribution in [2.75, 3.05) is 18.1 Å². The quantitative estimate of drug-likeness (QED) is 0.652. The molecule has 0 bridgehead atoms. The summed E-state index contributed by atoms with van der Waals surface area (Å²) in [7, 11) is 1.88. The zero-order valence-electron chi connectivity index (χ0n) is 12.3. The van der Waals surface area contributed by atoms with Crippen LogP contribution in [0.5, 0.6) is 5.75 Å². The van der Waals surface area contributed by atoms with Crippen LogP contribution in [0.4, 0.5) is 11.5 Å². The summed E-state index contributed by atoms with van der Waals surface area (Å²) in [4.78, 5) is 2.14. The van der Waals surface area contributed by atoms with Gasteiger partial charge < -0.3 is 15.4 Å². The zero-order chi connectivity index (χ0) is 15.0. The van der Waals surface area contributed by atoms with Crippen molar-refractivity contribution in [2.24, 2.45) is 12.8 Å². The van der Waals surface area contributed by atoms with Gasteiger partial charge in [0.1, 0.15) is 17.4 Å². The van der Waals surface area contributed by atoms with Gasteiger partial charge in [-0.2, -0.15) is 5.10 Å². The molecule has 0 aliphatic carbocycles. The van der Waals surface area contributed by atoms with Crippen LogP contribution in [0.25, 0.3) is 0 Å². The molecule has 1 aliphatic rings. The summed E-state index contributed by atoms with van der Waals surface area (Å²) in [6, 6.07) is 7.93. The number of hydrogen-bond acceptors (Lipinski definition) is 4. The van der Waals surface area contributed by atoms with Crippen LogP contribution in [-0.2, 0) is 7.05 Å². The van der Waals surface area contributed by atoms with Crippen molar-refractivity contribution in [1.29, 1.82) is 5.41 Å². The molecule has 110 valence electrons. The molecule has 6 heteroatoms. The number of anilines is 2. The molecule has 3 rings (SSSR count). The van der Waals surface area contributed by atoms with Crippen LogP contribution in [0, 0.1) is 12.3 Å². The van der Waals surface area contributed by atoms with Crippen LogP contribution < -0.4 is 15.4 Å². The van der Waals surface area contributed by atoms with Crippen LogP contribution in [-0.4, -0.2) is 28.8 Å². The Hall–Kier alpha value is -2.50. The van der Waals surface area contributed by atoms with Gasteiger partial charge in [0.15, 0.2) is 0 Å². The number of nitrogens with one attached hydrogen (secondary N) is 1. The highest BCUT2D eigenvalue weighted by Crippen LogP contribution is 2.37. The van der Waals surface area contributed by atoms with E-state index < -0.39 is 0 Å². The lowest BCUT2D eigenvalue weighted by Crippen LogP contribution is -2.24. The molecular formula is C15H19N5O. The maximum Gasteiger partial charge on any atom is 0.142 e. The fraction of sp³-hybridized carbons (Fsp3) is 0.333. The van der Waals surface area contributed by atoms with E-state index in [9.17, 15) is 0 Å². The number of nitrogen functional groups attached to an aromatic ring is 1. The molecule has 21 heavy (non-hydrogen) atoms. The molecule has 3 N–H and O–H groups in total. The molecule has 2 aromatic rings. The number of fused-ring (bicyclic) bond motifs is 1. The fourth-order valence-corrected chi connectivity index (χ4v) is 2.82. The molecule has 0 atom stereocenters. The van der Waals surface area contributed by atoms with Crippen molar-refractivity contribution in [3.63, 3.8) is 0 Å². The Bertz CT molecular complexity index is 691. The third-order valence-electron chi connectivity index (χ3n) is 3.66. The van der Waals surface area contributed by atoms with Crippen molar-refractivity contribution >= 4 is 17.3 Å². The van der Waals surface area contributed by atoms with E-state index in [1.807, 2.05) is 38.2 Å². The van der Waals surface area contributed by atoms with Crippen molar-refractivity contribution in [3.05, 3.63) is 35.5 Å². The first-order valence-corrected chi connectivity index (χ1v) is 6.97. The fourth-order valence-electron chi connectivity index (χ4n) is 2.82. The third-order valence-corrected chi connectivity index (χ3v) is 3.66. The van der Waals surface area contributed by atoms with Gasteiger partial charge in [0.25, 0.3) is 0 Å². The second-order valence-electron chi connectivity index (χ2n) is 5.14. The molecule has 0 unspecified atom stereocenters. The number of amidine groups is 1. The van der Waals surface area contributed by atoms with E-state index in [0.717, 1.165) is 35.9 Å². The zero-order valence-corrected chi connectivity index (χ0v) is 12.3. The lowest BCUT2D eigenvalue weighted by molar-refractivity contribution is 0.322. The van der Waals surface area contributed by atoms with Gasteiger partial charge in [-0.1, -0.05) is 12.1 Å². The molecule has 2 heterocycles. The van der Waals surface area contributed by atoms with Crippen molar-refractivity contribution in [2.45, 2.75) is 13.3 Å². The number of benzene rings is 1.